The predicted molar refractivity (Wildman–Crippen MR) is 108 cm³/mol. The van der Waals surface area contributed by atoms with Crippen LogP contribution in [0.1, 0.15) is 12.5 Å². The summed E-state index contributed by atoms with van der Waals surface area (Å²) in [6.07, 6.45) is 0.919. The third-order valence-corrected chi connectivity index (χ3v) is 5.08. The van der Waals surface area contributed by atoms with Crippen molar-refractivity contribution in [1.82, 2.24) is 4.90 Å². The molecular formula is C21H25ClN2O3. The Kier molecular flexibility index (Phi) is 6.58. The fourth-order valence-electron chi connectivity index (χ4n) is 3.31. The first-order chi connectivity index (χ1) is 13.1. The van der Waals surface area contributed by atoms with E-state index in [0.29, 0.717) is 11.5 Å². The van der Waals surface area contributed by atoms with Crippen LogP contribution in [0.4, 0.5) is 5.69 Å². The summed E-state index contributed by atoms with van der Waals surface area (Å²) in [5, 5.41) is 0.811. The highest BCUT2D eigenvalue weighted by atomic mass is 35.5. The largest absolute Gasteiger partial charge is 0.493 e. The third kappa shape index (κ3) is 5.15. The van der Waals surface area contributed by atoms with E-state index in [9.17, 15) is 4.79 Å². The molecule has 2 aromatic rings. The number of piperazine rings is 1. The number of carbonyl (C=O) groups excluding carboxylic acids is 1. The molecule has 0 aliphatic carbocycles. The van der Waals surface area contributed by atoms with Crippen LogP contribution in [-0.2, 0) is 11.2 Å². The van der Waals surface area contributed by atoms with Crippen molar-refractivity contribution in [3.8, 4) is 11.5 Å². The Morgan fingerprint density at radius 2 is 1.81 bits per heavy atom. The van der Waals surface area contributed by atoms with Gasteiger partial charge >= 0.3 is 5.97 Å². The average molecular weight is 389 g/mol. The van der Waals surface area contributed by atoms with Crippen LogP contribution in [-0.4, -0.2) is 50.7 Å². The minimum atomic E-state index is -0.350. The second-order valence-electron chi connectivity index (χ2n) is 6.61. The second-order valence-corrected chi connectivity index (χ2v) is 7.02. The van der Waals surface area contributed by atoms with Crippen molar-refractivity contribution < 1.29 is 14.3 Å². The first-order valence-corrected chi connectivity index (χ1v) is 9.52. The third-order valence-electron chi connectivity index (χ3n) is 4.76. The van der Waals surface area contributed by atoms with Gasteiger partial charge in [-0.3, -0.25) is 9.69 Å². The number of halogens is 1. The number of carbonyl (C=O) groups is 1. The van der Waals surface area contributed by atoms with Gasteiger partial charge in [0.05, 0.1) is 17.8 Å². The van der Waals surface area contributed by atoms with Gasteiger partial charge in [0, 0.05) is 39.6 Å². The Morgan fingerprint density at radius 3 is 2.48 bits per heavy atom. The highest BCUT2D eigenvalue weighted by Gasteiger charge is 2.18. The van der Waals surface area contributed by atoms with Crippen LogP contribution in [0.2, 0.25) is 5.02 Å². The summed E-state index contributed by atoms with van der Waals surface area (Å²) in [6.45, 7) is 6.32. The predicted octanol–water partition coefficient (Wildman–Crippen LogP) is 3.64. The molecule has 144 valence electrons. The lowest BCUT2D eigenvalue weighted by molar-refractivity contribution is -0.132. The van der Waals surface area contributed by atoms with Gasteiger partial charge < -0.3 is 14.4 Å². The van der Waals surface area contributed by atoms with E-state index in [0.717, 1.165) is 55.4 Å². The molecule has 0 aromatic heterocycles. The van der Waals surface area contributed by atoms with Crippen LogP contribution < -0.4 is 14.4 Å². The van der Waals surface area contributed by atoms with E-state index in [1.807, 2.05) is 30.3 Å². The van der Waals surface area contributed by atoms with Gasteiger partial charge in [0.2, 0.25) is 0 Å². The van der Waals surface area contributed by atoms with E-state index in [4.69, 9.17) is 21.1 Å². The van der Waals surface area contributed by atoms with Crippen LogP contribution in [0.25, 0.3) is 0 Å². The van der Waals surface area contributed by atoms with Gasteiger partial charge in [-0.15, -0.1) is 0 Å². The van der Waals surface area contributed by atoms with Crippen molar-refractivity contribution >= 4 is 23.3 Å². The molecule has 0 N–H and O–H groups in total. The first-order valence-electron chi connectivity index (χ1n) is 9.14. The normalized spacial score (nSPS) is 14.9. The highest BCUT2D eigenvalue weighted by molar-refractivity contribution is 6.33. The number of hydrogen-bond donors (Lipinski definition) is 0. The van der Waals surface area contributed by atoms with Crippen LogP contribution in [0.15, 0.2) is 42.5 Å². The Labute approximate surface area is 165 Å². The molecule has 0 bridgehead atoms. The Hall–Kier alpha value is -2.24. The topological polar surface area (TPSA) is 42.0 Å². The van der Waals surface area contributed by atoms with E-state index in [1.165, 1.54) is 6.92 Å². The zero-order valence-electron chi connectivity index (χ0n) is 15.8. The smallest absolute Gasteiger partial charge is 0.308 e. The number of benzene rings is 2. The fraction of sp³-hybridized carbons (Fsp3) is 0.381. The maximum absolute atomic E-state index is 11.2. The standard InChI is InChI=1S/C21H25ClN2O3/c1-16(25)27-20-8-7-17(15-21(20)26-2)9-10-23-11-13-24(14-12-23)19-6-4-3-5-18(19)22/h3-8,15H,9-14H2,1-2H3. The molecule has 3 rings (SSSR count). The summed E-state index contributed by atoms with van der Waals surface area (Å²) in [5.41, 5.74) is 2.28. The summed E-state index contributed by atoms with van der Waals surface area (Å²) in [5.74, 6) is 0.700. The summed E-state index contributed by atoms with van der Waals surface area (Å²) >= 11 is 6.31. The number of ether oxygens (including phenoxy) is 2. The highest BCUT2D eigenvalue weighted by Crippen LogP contribution is 2.29. The van der Waals surface area contributed by atoms with E-state index in [-0.39, 0.29) is 5.97 Å². The molecule has 0 amide bonds. The van der Waals surface area contributed by atoms with E-state index in [1.54, 1.807) is 13.2 Å². The summed E-state index contributed by atoms with van der Waals surface area (Å²) in [6, 6.07) is 13.7. The van der Waals surface area contributed by atoms with Gasteiger partial charge in [-0.25, -0.2) is 0 Å². The molecule has 0 atom stereocenters. The van der Waals surface area contributed by atoms with Crippen LogP contribution >= 0.6 is 11.6 Å². The van der Waals surface area contributed by atoms with Crippen molar-refractivity contribution in [3.63, 3.8) is 0 Å². The van der Waals surface area contributed by atoms with Crippen LogP contribution in [0.5, 0.6) is 11.5 Å². The molecule has 1 heterocycles. The number of para-hydroxylation sites is 1. The molecule has 1 saturated heterocycles. The van der Waals surface area contributed by atoms with Gasteiger partial charge in [-0.2, -0.15) is 0 Å². The Bertz CT molecular complexity index is 789. The first kappa shape index (κ1) is 19.5. The summed E-state index contributed by atoms with van der Waals surface area (Å²) in [4.78, 5) is 16.0. The maximum atomic E-state index is 11.2. The van der Waals surface area contributed by atoms with Gasteiger partial charge in [0.1, 0.15) is 0 Å². The van der Waals surface area contributed by atoms with Crippen molar-refractivity contribution in [1.29, 1.82) is 0 Å². The lowest BCUT2D eigenvalue weighted by Crippen LogP contribution is -2.47. The fourth-order valence-corrected chi connectivity index (χ4v) is 3.57. The Morgan fingerprint density at radius 1 is 1.07 bits per heavy atom. The summed E-state index contributed by atoms with van der Waals surface area (Å²) < 4.78 is 10.5. The van der Waals surface area contributed by atoms with Gasteiger partial charge in [0.15, 0.2) is 11.5 Å². The van der Waals surface area contributed by atoms with Crippen molar-refractivity contribution in [2.24, 2.45) is 0 Å². The quantitative estimate of drug-likeness (QED) is 0.558. The lowest BCUT2D eigenvalue weighted by Gasteiger charge is -2.36. The van der Waals surface area contributed by atoms with Crippen LogP contribution in [0.3, 0.4) is 0 Å². The number of nitrogens with zero attached hydrogens (tertiary/aromatic N) is 2. The number of anilines is 1. The number of rotatable bonds is 6. The monoisotopic (exact) mass is 388 g/mol. The molecule has 6 heteroatoms. The maximum Gasteiger partial charge on any atom is 0.308 e. The number of methoxy groups -OCH3 is 1. The Balaban J connectivity index is 1.53. The zero-order chi connectivity index (χ0) is 19.2. The molecule has 0 unspecified atom stereocenters. The molecule has 1 aliphatic rings. The van der Waals surface area contributed by atoms with Crippen molar-refractivity contribution in [3.05, 3.63) is 53.1 Å². The average Bonchev–Trinajstić information content (AvgIpc) is 2.67. The van der Waals surface area contributed by atoms with E-state index in [2.05, 4.69) is 15.9 Å². The number of esters is 1. The lowest BCUT2D eigenvalue weighted by atomic mass is 10.1. The molecule has 0 radical (unpaired) electrons. The van der Waals surface area contributed by atoms with Crippen LogP contribution in [0, 0.1) is 0 Å². The van der Waals surface area contributed by atoms with Crippen molar-refractivity contribution in [2.45, 2.75) is 13.3 Å². The van der Waals surface area contributed by atoms with Gasteiger partial charge in [0.25, 0.3) is 0 Å². The molecule has 1 fully saturated rings. The second kappa shape index (κ2) is 9.11. The zero-order valence-corrected chi connectivity index (χ0v) is 16.5. The van der Waals surface area contributed by atoms with E-state index < -0.39 is 0 Å². The number of hydrogen-bond acceptors (Lipinski definition) is 5. The van der Waals surface area contributed by atoms with Gasteiger partial charge in [-0.05, 0) is 36.2 Å². The molecular weight excluding hydrogens is 364 g/mol. The molecule has 1 aliphatic heterocycles. The minimum Gasteiger partial charge on any atom is -0.493 e. The summed E-state index contributed by atoms with van der Waals surface area (Å²) in [7, 11) is 1.58. The molecule has 2 aromatic carbocycles. The molecule has 0 spiro atoms. The van der Waals surface area contributed by atoms with E-state index >= 15 is 0 Å². The molecule has 27 heavy (non-hydrogen) atoms. The molecule has 0 saturated carbocycles. The van der Waals surface area contributed by atoms with Gasteiger partial charge in [-0.1, -0.05) is 29.8 Å². The molecule has 5 nitrogen and oxygen atoms in total. The SMILES string of the molecule is COc1cc(CCN2CCN(c3ccccc3Cl)CC2)ccc1OC(C)=O. The minimum absolute atomic E-state index is 0.350. The van der Waals surface area contributed by atoms with Crippen molar-refractivity contribution in [2.75, 3.05) is 44.7 Å².